The van der Waals surface area contributed by atoms with Gasteiger partial charge >= 0.3 is 0 Å². The van der Waals surface area contributed by atoms with Crippen molar-refractivity contribution in [2.75, 3.05) is 5.32 Å². The van der Waals surface area contributed by atoms with Gasteiger partial charge in [0.1, 0.15) is 6.04 Å². The number of aromatic amines is 1. The molecule has 1 aliphatic heterocycles. The van der Waals surface area contributed by atoms with Crippen LogP contribution in [0.1, 0.15) is 41.9 Å². The molecule has 0 unspecified atom stereocenters. The Bertz CT molecular complexity index is 1340. The van der Waals surface area contributed by atoms with E-state index in [1.165, 1.54) is 5.56 Å². The number of amides is 1. The second kappa shape index (κ2) is 8.90. The number of anilines is 1. The molecule has 0 saturated heterocycles. The first-order chi connectivity index (χ1) is 16.1. The number of carbonyl (C=O) groups excluding carboxylic acids is 1. The molecule has 5 rings (SSSR count). The van der Waals surface area contributed by atoms with Crippen LogP contribution >= 0.6 is 0 Å². The first-order valence-electron chi connectivity index (χ1n) is 11.2. The van der Waals surface area contributed by atoms with Gasteiger partial charge in [-0.15, -0.1) is 0 Å². The van der Waals surface area contributed by atoms with Crippen LogP contribution in [-0.2, 0) is 30.7 Å². The van der Waals surface area contributed by atoms with Crippen LogP contribution in [0.3, 0.4) is 0 Å². The number of rotatable bonds is 7. The standard InChI is InChI=1S/C25H26N6O2/c1-2-16-4-3-5-17(10-16)12-27-23-25(33)31-20(15-28-23)6-7-22(31)24(32)29-14-19-11-18-13-26-9-8-21(18)30-19/h3-5,8-11,13,15,22,30H,2,6-7,12,14H2,1H3,(H,27,28)(H,29,32)/t22-/m0/s1. The fourth-order valence-corrected chi connectivity index (χ4v) is 4.38. The van der Waals surface area contributed by atoms with Gasteiger partial charge in [0, 0.05) is 47.4 Å². The molecule has 4 aromatic rings. The quantitative estimate of drug-likeness (QED) is 0.408. The summed E-state index contributed by atoms with van der Waals surface area (Å²) in [5.41, 5.74) is 4.73. The van der Waals surface area contributed by atoms with Crippen molar-refractivity contribution in [3.63, 3.8) is 0 Å². The molecule has 0 bridgehead atoms. The number of nitrogens with one attached hydrogen (secondary N) is 3. The summed E-state index contributed by atoms with van der Waals surface area (Å²) in [6.07, 6.45) is 7.40. The Morgan fingerprint density at radius 1 is 1.18 bits per heavy atom. The van der Waals surface area contributed by atoms with Crippen molar-refractivity contribution in [3.05, 3.63) is 87.9 Å². The van der Waals surface area contributed by atoms with Crippen LogP contribution in [0.2, 0.25) is 0 Å². The molecular weight excluding hydrogens is 416 g/mol. The molecule has 1 atom stereocenters. The number of hydrogen-bond donors (Lipinski definition) is 3. The van der Waals surface area contributed by atoms with E-state index >= 15 is 0 Å². The van der Waals surface area contributed by atoms with Crippen LogP contribution in [0.15, 0.2) is 59.8 Å². The van der Waals surface area contributed by atoms with Crippen molar-refractivity contribution < 1.29 is 4.79 Å². The first-order valence-corrected chi connectivity index (χ1v) is 11.2. The Labute approximate surface area is 191 Å². The maximum absolute atomic E-state index is 13.2. The largest absolute Gasteiger partial charge is 0.361 e. The molecule has 4 heterocycles. The molecule has 3 aromatic heterocycles. The lowest BCUT2D eigenvalue weighted by molar-refractivity contribution is -0.124. The van der Waals surface area contributed by atoms with E-state index in [1.54, 1.807) is 23.2 Å². The summed E-state index contributed by atoms with van der Waals surface area (Å²) < 4.78 is 1.59. The Morgan fingerprint density at radius 2 is 2.06 bits per heavy atom. The van der Waals surface area contributed by atoms with E-state index in [4.69, 9.17) is 0 Å². The number of carbonyl (C=O) groups is 1. The zero-order valence-corrected chi connectivity index (χ0v) is 18.5. The van der Waals surface area contributed by atoms with Gasteiger partial charge in [0.25, 0.3) is 5.56 Å². The molecule has 3 N–H and O–H groups in total. The summed E-state index contributed by atoms with van der Waals surface area (Å²) in [6.45, 7) is 2.97. The minimum absolute atomic E-state index is 0.166. The van der Waals surface area contributed by atoms with Gasteiger partial charge in [-0.05, 0) is 42.5 Å². The molecule has 0 radical (unpaired) electrons. The second-order valence-electron chi connectivity index (χ2n) is 8.33. The van der Waals surface area contributed by atoms with E-state index in [-0.39, 0.29) is 17.3 Å². The maximum Gasteiger partial charge on any atom is 0.294 e. The van der Waals surface area contributed by atoms with Gasteiger partial charge < -0.3 is 15.6 Å². The SMILES string of the molecule is CCc1cccc(CNc2ncc3n(c2=O)[C@H](C(=O)NCc2cc4cnccc4[nH]2)CC3)c1. The lowest BCUT2D eigenvalue weighted by Gasteiger charge is -2.15. The Hall–Kier alpha value is -3.94. The maximum atomic E-state index is 13.2. The molecule has 1 aromatic carbocycles. The number of pyridine rings is 1. The Balaban J connectivity index is 1.29. The number of hydrogen-bond acceptors (Lipinski definition) is 5. The number of fused-ring (bicyclic) bond motifs is 2. The van der Waals surface area contributed by atoms with Crippen LogP contribution in [-0.4, -0.2) is 25.4 Å². The third-order valence-electron chi connectivity index (χ3n) is 6.15. The van der Waals surface area contributed by atoms with Crippen LogP contribution in [0.25, 0.3) is 10.9 Å². The smallest absolute Gasteiger partial charge is 0.294 e. The summed E-state index contributed by atoms with van der Waals surface area (Å²) >= 11 is 0. The zero-order valence-electron chi connectivity index (χ0n) is 18.5. The lowest BCUT2D eigenvalue weighted by atomic mass is 10.1. The zero-order chi connectivity index (χ0) is 22.8. The van der Waals surface area contributed by atoms with E-state index in [1.807, 2.05) is 24.3 Å². The molecular formula is C25H26N6O2. The molecule has 1 aliphatic rings. The summed E-state index contributed by atoms with van der Waals surface area (Å²) in [4.78, 5) is 37.9. The number of nitrogens with zero attached hydrogens (tertiary/aromatic N) is 3. The van der Waals surface area contributed by atoms with Crippen molar-refractivity contribution in [1.29, 1.82) is 0 Å². The van der Waals surface area contributed by atoms with Crippen molar-refractivity contribution in [3.8, 4) is 0 Å². The summed E-state index contributed by atoms with van der Waals surface area (Å²) in [6, 6.07) is 11.6. The lowest BCUT2D eigenvalue weighted by Crippen LogP contribution is -2.36. The highest BCUT2D eigenvalue weighted by Crippen LogP contribution is 2.24. The fourth-order valence-electron chi connectivity index (χ4n) is 4.38. The predicted molar refractivity (Wildman–Crippen MR) is 127 cm³/mol. The van der Waals surface area contributed by atoms with E-state index in [0.29, 0.717) is 25.9 Å². The normalized spacial score (nSPS) is 14.9. The number of benzene rings is 1. The highest BCUT2D eigenvalue weighted by Gasteiger charge is 2.30. The average Bonchev–Trinajstić information content (AvgIpc) is 3.47. The first kappa shape index (κ1) is 20.9. The minimum Gasteiger partial charge on any atom is -0.361 e. The molecule has 8 heteroatoms. The second-order valence-corrected chi connectivity index (χ2v) is 8.33. The van der Waals surface area contributed by atoms with E-state index < -0.39 is 6.04 Å². The van der Waals surface area contributed by atoms with E-state index in [2.05, 4.69) is 44.6 Å². The summed E-state index contributed by atoms with van der Waals surface area (Å²) in [7, 11) is 0. The van der Waals surface area contributed by atoms with Gasteiger partial charge in [-0.3, -0.25) is 19.1 Å². The highest BCUT2D eigenvalue weighted by atomic mass is 16.2. The molecule has 168 valence electrons. The molecule has 0 aliphatic carbocycles. The predicted octanol–water partition coefficient (Wildman–Crippen LogP) is 3.10. The molecule has 8 nitrogen and oxygen atoms in total. The number of aryl methyl sites for hydroxylation is 2. The molecule has 1 amide bonds. The number of aromatic nitrogens is 4. The topological polar surface area (TPSA) is 105 Å². The summed E-state index contributed by atoms with van der Waals surface area (Å²) in [5, 5.41) is 7.12. The van der Waals surface area contributed by atoms with Crippen molar-refractivity contribution in [1.82, 2.24) is 24.8 Å². The van der Waals surface area contributed by atoms with Gasteiger partial charge in [-0.1, -0.05) is 31.2 Å². The van der Waals surface area contributed by atoms with Crippen molar-refractivity contribution in [2.45, 2.75) is 45.3 Å². The third-order valence-corrected chi connectivity index (χ3v) is 6.15. The Kier molecular flexibility index (Phi) is 5.64. The monoisotopic (exact) mass is 442 g/mol. The average molecular weight is 443 g/mol. The van der Waals surface area contributed by atoms with Crippen molar-refractivity contribution >= 4 is 22.6 Å². The van der Waals surface area contributed by atoms with E-state index in [0.717, 1.165) is 34.3 Å². The van der Waals surface area contributed by atoms with Crippen LogP contribution in [0.4, 0.5) is 5.82 Å². The van der Waals surface area contributed by atoms with Gasteiger partial charge in [0.15, 0.2) is 5.82 Å². The van der Waals surface area contributed by atoms with Gasteiger partial charge in [-0.2, -0.15) is 0 Å². The van der Waals surface area contributed by atoms with Gasteiger partial charge in [0.2, 0.25) is 5.91 Å². The van der Waals surface area contributed by atoms with Crippen LogP contribution < -0.4 is 16.2 Å². The van der Waals surface area contributed by atoms with E-state index in [9.17, 15) is 9.59 Å². The van der Waals surface area contributed by atoms with Gasteiger partial charge in [-0.25, -0.2) is 4.98 Å². The van der Waals surface area contributed by atoms with Crippen LogP contribution in [0, 0.1) is 0 Å². The minimum atomic E-state index is -0.537. The third kappa shape index (κ3) is 4.24. The molecule has 33 heavy (non-hydrogen) atoms. The van der Waals surface area contributed by atoms with Crippen LogP contribution in [0.5, 0.6) is 0 Å². The Morgan fingerprint density at radius 3 is 2.91 bits per heavy atom. The number of H-pyrrole nitrogens is 1. The fraction of sp³-hybridized carbons (Fsp3) is 0.280. The molecule has 0 saturated carbocycles. The van der Waals surface area contributed by atoms with Gasteiger partial charge in [0.05, 0.1) is 6.54 Å². The molecule has 0 fully saturated rings. The van der Waals surface area contributed by atoms with Crippen molar-refractivity contribution in [2.24, 2.45) is 0 Å². The summed E-state index contributed by atoms with van der Waals surface area (Å²) in [5.74, 6) is 0.101. The highest BCUT2D eigenvalue weighted by molar-refractivity contribution is 5.82. The molecule has 0 spiro atoms.